The first-order valence-electron chi connectivity index (χ1n) is 2.61. The molecule has 0 unspecified atom stereocenters. The molecule has 0 aliphatic heterocycles. The van der Waals surface area contributed by atoms with Gasteiger partial charge in [-0.05, 0) is 6.54 Å². The zero-order chi connectivity index (χ0) is 5.54. The average Bonchev–Trinajstić information content (AvgIpc) is 1.69. The van der Waals surface area contributed by atoms with Crippen molar-refractivity contribution < 1.29 is 4.74 Å². The Labute approximate surface area is 68.0 Å². The molecule has 3 heteroatoms. The minimum absolute atomic E-state index is 0. The van der Waals surface area contributed by atoms with Crippen LogP contribution in [0.4, 0.5) is 0 Å². The Morgan fingerprint density at radius 1 is 1.50 bits per heavy atom. The summed E-state index contributed by atoms with van der Waals surface area (Å²) in [5.74, 6) is 0. The van der Waals surface area contributed by atoms with Crippen LogP contribution >= 0.6 is 24.0 Å². The van der Waals surface area contributed by atoms with Gasteiger partial charge in [-0.3, -0.25) is 0 Å². The number of halogens is 1. The predicted molar refractivity (Wildman–Crippen MR) is 45.8 cm³/mol. The highest BCUT2D eigenvalue weighted by molar-refractivity contribution is 14.0. The fourth-order valence-corrected chi connectivity index (χ4v) is 0.351. The summed E-state index contributed by atoms with van der Waals surface area (Å²) >= 11 is 0. The molecule has 0 aliphatic rings. The molecule has 52 valence electrons. The fraction of sp³-hybridized carbons (Fsp3) is 1.00. The summed E-state index contributed by atoms with van der Waals surface area (Å²) in [7, 11) is 1.71. The lowest BCUT2D eigenvalue weighted by atomic mass is 10.6. The topological polar surface area (TPSA) is 21.3 Å². The van der Waals surface area contributed by atoms with E-state index in [1.807, 2.05) is 0 Å². The van der Waals surface area contributed by atoms with E-state index in [-0.39, 0.29) is 24.0 Å². The summed E-state index contributed by atoms with van der Waals surface area (Å²) in [5, 5.41) is 3.12. The van der Waals surface area contributed by atoms with E-state index >= 15 is 0 Å². The first kappa shape index (κ1) is 11.4. The normalized spacial score (nSPS) is 8.25. The molecule has 0 aliphatic carbocycles. The minimum atomic E-state index is 0. The smallest absolute Gasteiger partial charge is 0.0587 e. The second kappa shape index (κ2) is 10.6. The van der Waals surface area contributed by atoms with Crippen LogP contribution in [0.15, 0.2) is 0 Å². The van der Waals surface area contributed by atoms with E-state index in [0.29, 0.717) is 0 Å². The maximum atomic E-state index is 4.78. The first-order valence-corrected chi connectivity index (χ1v) is 2.61. The van der Waals surface area contributed by atoms with Crippen LogP contribution in [0.5, 0.6) is 0 Å². The maximum absolute atomic E-state index is 4.78. The van der Waals surface area contributed by atoms with Gasteiger partial charge in [0.2, 0.25) is 0 Å². The van der Waals surface area contributed by atoms with Crippen LogP contribution in [0.3, 0.4) is 0 Å². The molecule has 0 radical (unpaired) electrons. The molecule has 0 saturated heterocycles. The third kappa shape index (κ3) is 9.82. The van der Waals surface area contributed by atoms with Crippen LogP contribution in [0.25, 0.3) is 0 Å². The molecule has 0 amide bonds. The Bertz CT molecular complexity index is 31.6. The van der Waals surface area contributed by atoms with E-state index in [0.717, 1.165) is 19.7 Å². The van der Waals surface area contributed by atoms with Crippen molar-refractivity contribution in [3.63, 3.8) is 0 Å². The van der Waals surface area contributed by atoms with Crippen molar-refractivity contribution in [2.45, 2.75) is 6.92 Å². The molecule has 0 aromatic rings. The SMILES string of the molecule is CCNCCOC.I. The Morgan fingerprint density at radius 3 is 2.50 bits per heavy atom. The van der Waals surface area contributed by atoms with Crippen molar-refractivity contribution in [2.24, 2.45) is 0 Å². The number of hydrogen-bond acceptors (Lipinski definition) is 2. The molecular formula is C5H14INO. The van der Waals surface area contributed by atoms with Crippen molar-refractivity contribution in [2.75, 3.05) is 26.8 Å². The van der Waals surface area contributed by atoms with Gasteiger partial charge in [0, 0.05) is 13.7 Å². The van der Waals surface area contributed by atoms with E-state index in [4.69, 9.17) is 4.74 Å². The van der Waals surface area contributed by atoms with Gasteiger partial charge in [0.1, 0.15) is 0 Å². The highest BCUT2D eigenvalue weighted by Gasteiger charge is 1.76. The highest BCUT2D eigenvalue weighted by Crippen LogP contribution is 1.61. The molecule has 0 bridgehead atoms. The zero-order valence-electron chi connectivity index (χ0n) is 5.44. The molecule has 0 fully saturated rings. The molecule has 0 heterocycles. The second-order valence-electron chi connectivity index (χ2n) is 1.35. The molecule has 0 spiro atoms. The van der Waals surface area contributed by atoms with Crippen molar-refractivity contribution in [1.82, 2.24) is 5.32 Å². The van der Waals surface area contributed by atoms with Crippen LogP contribution in [0.1, 0.15) is 6.92 Å². The summed E-state index contributed by atoms with van der Waals surface area (Å²) in [5.41, 5.74) is 0. The molecule has 0 aromatic carbocycles. The third-order valence-electron chi connectivity index (χ3n) is 0.733. The zero-order valence-corrected chi connectivity index (χ0v) is 7.77. The molecule has 2 nitrogen and oxygen atoms in total. The fourth-order valence-electron chi connectivity index (χ4n) is 0.351. The van der Waals surface area contributed by atoms with Crippen molar-refractivity contribution in [3.05, 3.63) is 0 Å². The second-order valence-corrected chi connectivity index (χ2v) is 1.35. The van der Waals surface area contributed by atoms with Crippen molar-refractivity contribution in [1.29, 1.82) is 0 Å². The van der Waals surface area contributed by atoms with Crippen LogP contribution in [-0.4, -0.2) is 26.8 Å². The average molecular weight is 231 g/mol. The van der Waals surface area contributed by atoms with Crippen LogP contribution < -0.4 is 5.32 Å². The maximum Gasteiger partial charge on any atom is 0.0587 e. The molecule has 0 aromatic heterocycles. The lowest BCUT2D eigenvalue weighted by Gasteiger charge is -1.96. The Hall–Kier alpha value is 0.650. The van der Waals surface area contributed by atoms with Gasteiger partial charge in [0.25, 0.3) is 0 Å². The highest BCUT2D eigenvalue weighted by atomic mass is 127. The monoisotopic (exact) mass is 231 g/mol. The van der Waals surface area contributed by atoms with Crippen LogP contribution in [0, 0.1) is 0 Å². The Morgan fingerprint density at radius 2 is 2.12 bits per heavy atom. The summed E-state index contributed by atoms with van der Waals surface area (Å²) in [6.45, 7) is 4.89. The molecule has 0 rings (SSSR count). The van der Waals surface area contributed by atoms with Gasteiger partial charge in [-0.15, -0.1) is 24.0 Å². The predicted octanol–water partition coefficient (Wildman–Crippen LogP) is 0.860. The number of rotatable bonds is 4. The number of likely N-dealkylation sites (N-methyl/N-ethyl adjacent to an activating group) is 1. The minimum Gasteiger partial charge on any atom is -0.383 e. The largest absolute Gasteiger partial charge is 0.383 e. The van der Waals surface area contributed by atoms with Gasteiger partial charge in [-0.1, -0.05) is 6.92 Å². The summed E-state index contributed by atoms with van der Waals surface area (Å²) in [6, 6.07) is 0. The number of methoxy groups -OCH3 is 1. The van der Waals surface area contributed by atoms with Crippen molar-refractivity contribution >= 4 is 24.0 Å². The van der Waals surface area contributed by atoms with Gasteiger partial charge in [0.15, 0.2) is 0 Å². The van der Waals surface area contributed by atoms with Crippen molar-refractivity contribution in [3.8, 4) is 0 Å². The van der Waals surface area contributed by atoms with Gasteiger partial charge in [-0.25, -0.2) is 0 Å². The standard InChI is InChI=1S/C5H13NO.HI/c1-3-6-4-5-7-2;/h6H,3-5H2,1-2H3;1H. The third-order valence-corrected chi connectivity index (χ3v) is 0.733. The molecule has 0 atom stereocenters. The van der Waals surface area contributed by atoms with Gasteiger partial charge in [-0.2, -0.15) is 0 Å². The lowest BCUT2D eigenvalue weighted by molar-refractivity contribution is 0.200. The van der Waals surface area contributed by atoms with E-state index in [1.165, 1.54) is 0 Å². The molecule has 8 heavy (non-hydrogen) atoms. The summed E-state index contributed by atoms with van der Waals surface area (Å²) in [4.78, 5) is 0. The quantitative estimate of drug-likeness (QED) is 0.572. The Kier molecular flexibility index (Phi) is 15.2. The van der Waals surface area contributed by atoms with E-state index in [1.54, 1.807) is 7.11 Å². The lowest BCUT2D eigenvalue weighted by Crippen LogP contribution is -2.17. The summed E-state index contributed by atoms with van der Waals surface area (Å²) in [6.07, 6.45) is 0. The number of nitrogens with one attached hydrogen (secondary N) is 1. The van der Waals surface area contributed by atoms with Crippen LogP contribution in [-0.2, 0) is 4.74 Å². The van der Waals surface area contributed by atoms with Gasteiger partial charge >= 0.3 is 0 Å². The van der Waals surface area contributed by atoms with E-state index in [9.17, 15) is 0 Å². The Balaban J connectivity index is 0. The molecule has 0 saturated carbocycles. The van der Waals surface area contributed by atoms with E-state index in [2.05, 4.69) is 12.2 Å². The molecular weight excluding hydrogens is 217 g/mol. The number of hydrogen-bond donors (Lipinski definition) is 1. The first-order chi connectivity index (χ1) is 3.41. The summed E-state index contributed by atoms with van der Waals surface area (Å²) < 4.78 is 4.78. The number of ether oxygens (including phenoxy) is 1. The van der Waals surface area contributed by atoms with Gasteiger partial charge in [0.05, 0.1) is 6.61 Å². The molecule has 1 N–H and O–H groups in total. The van der Waals surface area contributed by atoms with Gasteiger partial charge < -0.3 is 10.1 Å². The van der Waals surface area contributed by atoms with Crippen LogP contribution in [0.2, 0.25) is 0 Å². The van der Waals surface area contributed by atoms with E-state index < -0.39 is 0 Å².